The number of carbonyl (C=O) groups excluding carboxylic acids is 1. The van der Waals surface area contributed by atoms with Gasteiger partial charge in [0.15, 0.2) is 0 Å². The van der Waals surface area contributed by atoms with E-state index in [1.54, 1.807) is 6.92 Å². The lowest BCUT2D eigenvalue weighted by atomic mass is 9.89. The minimum absolute atomic E-state index is 0.232. The van der Waals surface area contributed by atoms with Crippen LogP contribution < -0.4 is 0 Å². The molecule has 0 aromatic carbocycles. The fourth-order valence-electron chi connectivity index (χ4n) is 2.94. The zero-order chi connectivity index (χ0) is 11.0. The van der Waals surface area contributed by atoms with Crippen LogP contribution in [0.3, 0.4) is 0 Å². The maximum absolute atomic E-state index is 11.3. The van der Waals surface area contributed by atoms with E-state index in [1.807, 2.05) is 0 Å². The number of rotatable bonds is 3. The van der Waals surface area contributed by atoms with Gasteiger partial charge in [0.25, 0.3) is 0 Å². The SMILES string of the molecule is C=C(C)C(=O)OC(S)C1CC2CCC1C2. The number of esters is 1. The van der Waals surface area contributed by atoms with Crippen LogP contribution in [0.2, 0.25) is 0 Å². The predicted octanol–water partition coefficient (Wildman–Crippen LogP) is 2.80. The van der Waals surface area contributed by atoms with Crippen LogP contribution in [-0.2, 0) is 9.53 Å². The molecule has 2 bridgehead atoms. The minimum Gasteiger partial charge on any atom is -0.448 e. The molecule has 0 amide bonds. The third-order valence-electron chi connectivity index (χ3n) is 3.74. The van der Waals surface area contributed by atoms with Crippen molar-refractivity contribution in [2.24, 2.45) is 17.8 Å². The molecule has 0 aromatic rings. The molecule has 2 aliphatic carbocycles. The number of hydrogen-bond donors (Lipinski definition) is 1. The predicted molar refractivity (Wildman–Crippen MR) is 62.6 cm³/mol. The standard InChI is InChI=1S/C12H18O2S/c1-7(2)11(13)14-12(15)10-6-8-3-4-9(10)5-8/h8-10,12,15H,1,3-6H2,2H3. The molecule has 0 heterocycles. The zero-order valence-corrected chi connectivity index (χ0v) is 10.0. The Labute approximate surface area is 96.5 Å². The number of thiol groups is 1. The smallest absolute Gasteiger partial charge is 0.334 e. The van der Waals surface area contributed by atoms with E-state index in [-0.39, 0.29) is 11.4 Å². The van der Waals surface area contributed by atoms with E-state index in [9.17, 15) is 4.79 Å². The lowest BCUT2D eigenvalue weighted by molar-refractivity contribution is -0.142. The molecule has 2 aliphatic rings. The van der Waals surface area contributed by atoms with Crippen molar-refractivity contribution < 1.29 is 9.53 Å². The molecule has 4 unspecified atom stereocenters. The van der Waals surface area contributed by atoms with Crippen LogP contribution in [0.1, 0.15) is 32.6 Å². The average Bonchev–Trinajstić information content (AvgIpc) is 2.78. The van der Waals surface area contributed by atoms with Gasteiger partial charge in [0.05, 0.1) is 0 Å². The van der Waals surface area contributed by atoms with Gasteiger partial charge in [-0.05, 0) is 38.0 Å². The lowest BCUT2D eigenvalue weighted by Crippen LogP contribution is -2.26. The van der Waals surface area contributed by atoms with Crippen molar-refractivity contribution >= 4 is 18.6 Å². The van der Waals surface area contributed by atoms with Gasteiger partial charge >= 0.3 is 5.97 Å². The van der Waals surface area contributed by atoms with Gasteiger partial charge in [0.1, 0.15) is 5.44 Å². The fraction of sp³-hybridized carbons (Fsp3) is 0.750. The molecule has 2 rings (SSSR count). The van der Waals surface area contributed by atoms with Crippen molar-refractivity contribution in [3.05, 3.63) is 12.2 Å². The van der Waals surface area contributed by atoms with Crippen molar-refractivity contribution in [2.75, 3.05) is 0 Å². The van der Waals surface area contributed by atoms with Crippen LogP contribution >= 0.6 is 12.6 Å². The molecule has 0 radical (unpaired) electrons. The maximum atomic E-state index is 11.3. The molecule has 0 aliphatic heterocycles. The number of ether oxygens (including phenoxy) is 1. The summed E-state index contributed by atoms with van der Waals surface area (Å²) in [6, 6.07) is 0. The first kappa shape index (κ1) is 11.1. The molecule has 0 N–H and O–H groups in total. The first-order valence-corrected chi connectivity index (χ1v) is 6.14. The summed E-state index contributed by atoms with van der Waals surface area (Å²) in [5.74, 6) is 1.75. The first-order valence-electron chi connectivity index (χ1n) is 5.62. The molecule has 2 fully saturated rings. The summed E-state index contributed by atoms with van der Waals surface area (Å²) < 4.78 is 5.27. The van der Waals surface area contributed by atoms with Crippen molar-refractivity contribution in [2.45, 2.75) is 38.0 Å². The van der Waals surface area contributed by atoms with E-state index >= 15 is 0 Å². The van der Waals surface area contributed by atoms with Gasteiger partial charge in [0, 0.05) is 11.5 Å². The summed E-state index contributed by atoms with van der Waals surface area (Å²) in [7, 11) is 0. The van der Waals surface area contributed by atoms with E-state index in [4.69, 9.17) is 4.74 Å². The third kappa shape index (κ3) is 2.22. The summed E-state index contributed by atoms with van der Waals surface area (Å²) >= 11 is 4.41. The number of hydrogen-bond acceptors (Lipinski definition) is 3. The van der Waals surface area contributed by atoms with Gasteiger partial charge in [-0.1, -0.05) is 13.0 Å². The second-order valence-corrected chi connectivity index (χ2v) is 5.42. The first-order chi connectivity index (χ1) is 7.08. The Morgan fingerprint density at radius 1 is 1.47 bits per heavy atom. The molecule has 0 saturated heterocycles. The van der Waals surface area contributed by atoms with Crippen molar-refractivity contribution in [3.8, 4) is 0 Å². The van der Waals surface area contributed by atoms with E-state index < -0.39 is 0 Å². The second kappa shape index (κ2) is 4.20. The number of carbonyl (C=O) groups is 1. The highest BCUT2D eigenvalue weighted by atomic mass is 32.1. The largest absolute Gasteiger partial charge is 0.448 e. The Morgan fingerprint density at radius 3 is 2.67 bits per heavy atom. The molecule has 0 aromatic heterocycles. The molecular weight excluding hydrogens is 208 g/mol. The zero-order valence-electron chi connectivity index (χ0n) is 9.11. The van der Waals surface area contributed by atoms with Gasteiger partial charge in [-0.15, -0.1) is 12.6 Å². The van der Waals surface area contributed by atoms with Gasteiger partial charge < -0.3 is 4.74 Å². The molecule has 0 spiro atoms. The Balaban J connectivity index is 1.89. The highest BCUT2D eigenvalue weighted by Crippen LogP contribution is 2.50. The molecule has 84 valence electrons. The highest BCUT2D eigenvalue weighted by molar-refractivity contribution is 7.80. The van der Waals surface area contributed by atoms with Crippen LogP contribution in [0, 0.1) is 17.8 Å². The maximum Gasteiger partial charge on any atom is 0.334 e. The highest BCUT2D eigenvalue weighted by Gasteiger charge is 2.43. The summed E-state index contributed by atoms with van der Waals surface area (Å²) in [6.07, 6.45) is 5.14. The second-order valence-electron chi connectivity index (χ2n) is 4.91. The molecule has 4 atom stereocenters. The van der Waals surface area contributed by atoms with Crippen molar-refractivity contribution in [1.29, 1.82) is 0 Å². The summed E-state index contributed by atoms with van der Waals surface area (Å²) in [4.78, 5) is 11.3. The monoisotopic (exact) mass is 226 g/mol. The van der Waals surface area contributed by atoms with Gasteiger partial charge in [-0.25, -0.2) is 4.79 Å². The van der Waals surface area contributed by atoms with Crippen LogP contribution in [0.5, 0.6) is 0 Å². The van der Waals surface area contributed by atoms with Crippen LogP contribution in [0.4, 0.5) is 0 Å². The molecule has 2 saturated carbocycles. The topological polar surface area (TPSA) is 26.3 Å². The summed E-state index contributed by atoms with van der Waals surface area (Å²) in [5, 5.41) is 0. The van der Waals surface area contributed by atoms with E-state index in [2.05, 4.69) is 19.2 Å². The Hall–Kier alpha value is -0.440. The van der Waals surface area contributed by atoms with Crippen LogP contribution in [-0.4, -0.2) is 11.4 Å². The lowest BCUT2D eigenvalue weighted by Gasteiger charge is -2.26. The molecule has 3 heteroatoms. The van der Waals surface area contributed by atoms with Crippen LogP contribution in [0.25, 0.3) is 0 Å². The third-order valence-corrected chi connectivity index (χ3v) is 4.22. The fourth-order valence-corrected chi connectivity index (χ4v) is 3.40. The van der Waals surface area contributed by atoms with E-state index in [0.717, 1.165) is 11.8 Å². The molecule has 2 nitrogen and oxygen atoms in total. The van der Waals surface area contributed by atoms with Gasteiger partial charge in [-0.3, -0.25) is 0 Å². The summed E-state index contributed by atoms with van der Waals surface area (Å²) in [5.41, 5.74) is 0.224. The molecule has 15 heavy (non-hydrogen) atoms. The Morgan fingerprint density at radius 2 is 2.20 bits per heavy atom. The van der Waals surface area contributed by atoms with E-state index in [1.165, 1.54) is 25.7 Å². The van der Waals surface area contributed by atoms with Crippen molar-refractivity contribution in [3.63, 3.8) is 0 Å². The Bertz CT molecular complexity index is 287. The van der Waals surface area contributed by atoms with Crippen LogP contribution in [0.15, 0.2) is 12.2 Å². The minimum atomic E-state index is -0.308. The van der Waals surface area contributed by atoms with Gasteiger partial charge in [0.2, 0.25) is 0 Å². The normalized spacial score (nSPS) is 35.2. The summed E-state index contributed by atoms with van der Waals surface area (Å²) in [6.45, 7) is 5.24. The van der Waals surface area contributed by atoms with Gasteiger partial charge in [-0.2, -0.15) is 0 Å². The Kier molecular flexibility index (Phi) is 3.10. The van der Waals surface area contributed by atoms with Crippen molar-refractivity contribution in [1.82, 2.24) is 0 Å². The molecular formula is C12H18O2S. The quantitative estimate of drug-likeness (QED) is 0.346. The average molecular weight is 226 g/mol. The van der Waals surface area contributed by atoms with E-state index in [0.29, 0.717) is 11.5 Å². The number of fused-ring (bicyclic) bond motifs is 2.